The highest BCUT2D eigenvalue weighted by atomic mass is 16.6. The summed E-state index contributed by atoms with van der Waals surface area (Å²) in [4.78, 5) is 11.6. The number of amides is 1. The lowest BCUT2D eigenvalue weighted by Gasteiger charge is -2.23. The van der Waals surface area contributed by atoms with Crippen LogP contribution in [0.3, 0.4) is 0 Å². The zero-order valence-electron chi connectivity index (χ0n) is 12.9. The first-order valence-electron chi connectivity index (χ1n) is 7.61. The van der Waals surface area contributed by atoms with Gasteiger partial charge in [-0.2, -0.15) is 0 Å². The second-order valence-electron chi connectivity index (χ2n) is 6.55. The van der Waals surface area contributed by atoms with E-state index in [-0.39, 0.29) is 6.09 Å². The molecule has 0 heterocycles. The van der Waals surface area contributed by atoms with Gasteiger partial charge in [-0.15, -0.1) is 0 Å². The number of alkyl carbamates (subject to hydrolysis) is 1. The molecule has 1 aliphatic carbocycles. The van der Waals surface area contributed by atoms with Gasteiger partial charge in [0.2, 0.25) is 0 Å². The summed E-state index contributed by atoms with van der Waals surface area (Å²) in [6, 6.07) is 0.341. The maximum absolute atomic E-state index is 11.6. The Bertz CT molecular complexity index is 268. The van der Waals surface area contributed by atoms with Gasteiger partial charge in [-0.1, -0.05) is 19.8 Å². The largest absolute Gasteiger partial charge is 0.444 e. The van der Waals surface area contributed by atoms with Gasteiger partial charge in [0.15, 0.2) is 0 Å². The second kappa shape index (κ2) is 7.73. The van der Waals surface area contributed by atoms with Crippen molar-refractivity contribution in [3.63, 3.8) is 0 Å². The third-order valence-corrected chi connectivity index (χ3v) is 3.55. The Morgan fingerprint density at radius 1 is 1.32 bits per heavy atom. The number of hydrogen-bond donors (Lipinski definition) is 2. The minimum Gasteiger partial charge on any atom is -0.444 e. The molecule has 0 radical (unpaired) electrons. The fourth-order valence-corrected chi connectivity index (χ4v) is 2.43. The molecule has 1 amide bonds. The minimum atomic E-state index is -0.428. The van der Waals surface area contributed by atoms with E-state index in [1.165, 1.54) is 25.7 Å². The second-order valence-corrected chi connectivity index (χ2v) is 6.55. The van der Waals surface area contributed by atoms with Gasteiger partial charge in [0, 0.05) is 12.6 Å². The Morgan fingerprint density at radius 3 is 2.47 bits per heavy atom. The van der Waals surface area contributed by atoms with E-state index < -0.39 is 5.60 Å². The van der Waals surface area contributed by atoms with E-state index in [2.05, 4.69) is 17.6 Å². The Balaban J connectivity index is 2.18. The van der Waals surface area contributed by atoms with Gasteiger partial charge in [0.05, 0.1) is 0 Å². The van der Waals surface area contributed by atoms with Crippen LogP contribution in [0.2, 0.25) is 0 Å². The number of carbonyl (C=O) groups is 1. The van der Waals surface area contributed by atoms with Gasteiger partial charge in [-0.3, -0.25) is 0 Å². The van der Waals surface area contributed by atoms with Crippen molar-refractivity contribution in [2.24, 2.45) is 5.92 Å². The van der Waals surface area contributed by atoms with Crippen LogP contribution in [0.15, 0.2) is 0 Å². The quantitative estimate of drug-likeness (QED) is 0.780. The monoisotopic (exact) mass is 270 g/mol. The van der Waals surface area contributed by atoms with Crippen molar-refractivity contribution in [1.82, 2.24) is 10.6 Å². The van der Waals surface area contributed by atoms with Crippen LogP contribution in [0, 0.1) is 5.92 Å². The van der Waals surface area contributed by atoms with Crippen molar-refractivity contribution in [3.8, 4) is 0 Å². The molecule has 0 aromatic carbocycles. The number of rotatable bonds is 6. The number of ether oxygens (including phenoxy) is 1. The van der Waals surface area contributed by atoms with Crippen LogP contribution >= 0.6 is 0 Å². The van der Waals surface area contributed by atoms with Crippen LogP contribution in [0.25, 0.3) is 0 Å². The molecule has 1 saturated carbocycles. The number of nitrogens with one attached hydrogen (secondary N) is 2. The summed E-state index contributed by atoms with van der Waals surface area (Å²) in [6.07, 6.45) is 6.14. The SMILES string of the molecule is CCC(CNC(=O)OC(C)(C)C)NCC1CCCC1. The molecule has 1 aliphatic rings. The molecular weight excluding hydrogens is 240 g/mol. The summed E-state index contributed by atoms with van der Waals surface area (Å²) in [5.41, 5.74) is -0.428. The molecule has 0 aromatic rings. The molecule has 4 nitrogen and oxygen atoms in total. The first-order valence-corrected chi connectivity index (χ1v) is 7.61. The van der Waals surface area contributed by atoms with Crippen molar-refractivity contribution < 1.29 is 9.53 Å². The molecule has 1 atom stereocenters. The average Bonchev–Trinajstić information content (AvgIpc) is 2.80. The third-order valence-electron chi connectivity index (χ3n) is 3.55. The normalized spacial score (nSPS) is 18.3. The Labute approximate surface area is 117 Å². The fraction of sp³-hybridized carbons (Fsp3) is 0.933. The smallest absolute Gasteiger partial charge is 0.407 e. The summed E-state index contributed by atoms with van der Waals surface area (Å²) in [7, 11) is 0. The molecule has 0 saturated heterocycles. The molecule has 0 bridgehead atoms. The summed E-state index contributed by atoms with van der Waals surface area (Å²) < 4.78 is 5.23. The van der Waals surface area contributed by atoms with Gasteiger partial charge in [0.25, 0.3) is 0 Å². The topological polar surface area (TPSA) is 50.4 Å². The van der Waals surface area contributed by atoms with Crippen molar-refractivity contribution in [1.29, 1.82) is 0 Å². The van der Waals surface area contributed by atoms with Gasteiger partial charge >= 0.3 is 6.09 Å². The Morgan fingerprint density at radius 2 is 1.95 bits per heavy atom. The Hall–Kier alpha value is -0.770. The van der Waals surface area contributed by atoms with E-state index in [0.29, 0.717) is 12.6 Å². The van der Waals surface area contributed by atoms with Gasteiger partial charge < -0.3 is 15.4 Å². The third kappa shape index (κ3) is 7.41. The summed E-state index contributed by atoms with van der Waals surface area (Å²) in [6.45, 7) is 9.49. The molecule has 0 aliphatic heterocycles. The molecular formula is C15H30N2O2. The highest BCUT2D eigenvalue weighted by Gasteiger charge is 2.18. The molecule has 1 unspecified atom stereocenters. The maximum atomic E-state index is 11.6. The van der Waals surface area contributed by atoms with Gasteiger partial charge in [-0.25, -0.2) is 4.79 Å². The maximum Gasteiger partial charge on any atom is 0.407 e. The Kier molecular flexibility index (Phi) is 6.63. The summed E-state index contributed by atoms with van der Waals surface area (Å²) in [5.74, 6) is 0.829. The van der Waals surface area contributed by atoms with E-state index in [9.17, 15) is 4.79 Å². The molecule has 0 spiro atoms. The number of hydrogen-bond acceptors (Lipinski definition) is 3. The lowest BCUT2D eigenvalue weighted by Crippen LogP contribution is -2.43. The van der Waals surface area contributed by atoms with Crippen LogP contribution in [0.4, 0.5) is 4.79 Å². The van der Waals surface area contributed by atoms with Crippen molar-refractivity contribution in [2.75, 3.05) is 13.1 Å². The van der Waals surface area contributed by atoms with Crippen molar-refractivity contribution >= 4 is 6.09 Å². The van der Waals surface area contributed by atoms with Gasteiger partial charge in [0.1, 0.15) is 5.60 Å². The molecule has 0 aromatic heterocycles. The zero-order valence-corrected chi connectivity index (χ0v) is 12.9. The summed E-state index contributed by atoms with van der Waals surface area (Å²) >= 11 is 0. The fourth-order valence-electron chi connectivity index (χ4n) is 2.43. The minimum absolute atomic E-state index is 0.325. The highest BCUT2D eigenvalue weighted by molar-refractivity contribution is 5.67. The first-order chi connectivity index (χ1) is 8.90. The summed E-state index contributed by atoms with van der Waals surface area (Å²) in [5, 5.41) is 6.40. The van der Waals surface area contributed by atoms with E-state index in [1.807, 2.05) is 20.8 Å². The first kappa shape index (κ1) is 16.3. The molecule has 1 rings (SSSR count). The van der Waals surface area contributed by atoms with Crippen LogP contribution < -0.4 is 10.6 Å². The molecule has 2 N–H and O–H groups in total. The van der Waals surface area contributed by atoms with E-state index in [4.69, 9.17) is 4.74 Å². The van der Waals surface area contributed by atoms with Crippen LogP contribution in [-0.2, 0) is 4.74 Å². The molecule has 4 heteroatoms. The van der Waals surface area contributed by atoms with Crippen LogP contribution in [0.5, 0.6) is 0 Å². The van der Waals surface area contributed by atoms with Crippen molar-refractivity contribution in [3.05, 3.63) is 0 Å². The zero-order chi connectivity index (χ0) is 14.3. The predicted molar refractivity (Wildman–Crippen MR) is 78.3 cm³/mol. The average molecular weight is 270 g/mol. The van der Waals surface area contributed by atoms with E-state index in [0.717, 1.165) is 18.9 Å². The van der Waals surface area contributed by atoms with Crippen LogP contribution in [0.1, 0.15) is 59.8 Å². The number of carbonyl (C=O) groups excluding carboxylic acids is 1. The van der Waals surface area contributed by atoms with Gasteiger partial charge in [-0.05, 0) is 52.5 Å². The van der Waals surface area contributed by atoms with E-state index in [1.54, 1.807) is 0 Å². The van der Waals surface area contributed by atoms with Crippen LogP contribution in [-0.4, -0.2) is 30.8 Å². The predicted octanol–water partition coefficient (Wildman–Crippen LogP) is 3.07. The van der Waals surface area contributed by atoms with E-state index >= 15 is 0 Å². The molecule has 1 fully saturated rings. The molecule has 19 heavy (non-hydrogen) atoms. The standard InChI is InChI=1S/C15H30N2O2/c1-5-13(16-10-12-8-6-7-9-12)11-17-14(18)19-15(2,3)4/h12-13,16H,5-11H2,1-4H3,(H,17,18). The van der Waals surface area contributed by atoms with Crippen molar-refractivity contribution in [2.45, 2.75) is 71.4 Å². The molecule has 112 valence electrons. The lowest BCUT2D eigenvalue weighted by molar-refractivity contribution is 0.0522. The lowest BCUT2D eigenvalue weighted by atomic mass is 10.1. The highest BCUT2D eigenvalue weighted by Crippen LogP contribution is 2.23.